The molecule has 1 atom stereocenters. The van der Waals surface area contributed by atoms with Crippen LogP contribution in [0.4, 0.5) is 11.4 Å². The van der Waals surface area contributed by atoms with Crippen LogP contribution in [-0.4, -0.2) is 67.7 Å². The van der Waals surface area contributed by atoms with Crippen LogP contribution < -0.4 is 10.2 Å². The normalized spacial score (nSPS) is 18.6. The van der Waals surface area contributed by atoms with Gasteiger partial charge in [-0.05, 0) is 54.8 Å². The SMILES string of the molecule is O=C(CN(Cc1ccco1)CC1CCCO1)Nc1ccc(N2CCN(Cc3ccccc3)CC2)cc1. The summed E-state index contributed by atoms with van der Waals surface area (Å²) in [5, 5.41) is 3.06. The van der Waals surface area contributed by atoms with Crippen LogP contribution in [0.15, 0.2) is 77.4 Å². The fourth-order valence-corrected chi connectivity index (χ4v) is 5.05. The summed E-state index contributed by atoms with van der Waals surface area (Å²) in [5.74, 6) is 0.829. The largest absolute Gasteiger partial charge is 0.468 e. The Labute approximate surface area is 213 Å². The molecule has 190 valence electrons. The molecule has 2 aliphatic heterocycles. The van der Waals surface area contributed by atoms with Crippen molar-refractivity contribution in [2.24, 2.45) is 0 Å². The molecule has 36 heavy (non-hydrogen) atoms. The molecule has 0 saturated carbocycles. The van der Waals surface area contributed by atoms with Crippen LogP contribution in [0.2, 0.25) is 0 Å². The summed E-state index contributed by atoms with van der Waals surface area (Å²) < 4.78 is 11.3. The molecule has 1 aromatic heterocycles. The maximum atomic E-state index is 12.9. The third-order valence-corrected chi connectivity index (χ3v) is 6.95. The van der Waals surface area contributed by atoms with Crippen LogP contribution in [0.3, 0.4) is 0 Å². The molecule has 2 aromatic carbocycles. The first-order chi connectivity index (χ1) is 17.7. The van der Waals surface area contributed by atoms with E-state index in [1.54, 1.807) is 6.26 Å². The van der Waals surface area contributed by atoms with Crippen molar-refractivity contribution in [2.75, 3.05) is 56.1 Å². The molecule has 7 heteroatoms. The van der Waals surface area contributed by atoms with Gasteiger partial charge in [-0.2, -0.15) is 0 Å². The van der Waals surface area contributed by atoms with E-state index in [2.05, 4.69) is 62.5 Å². The number of furan rings is 1. The molecular weight excluding hydrogens is 452 g/mol. The van der Waals surface area contributed by atoms with Gasteiger partial charge in [0.1, 0.15) is 5.76 Å². The van der Waals surface area contributed by atoms with Gasteiger partial charge in [-0.1, -0.05) is 30.3 Å². The minimum absolute atomic E-state index is 0.0261. The molecule has 5 rings (SSSR count). The van der Waals surface area contributed by atoms with E-state index in [-0.39, 0.29) is 12.0 Å². The van der Waals surface area contributed by atoms with Gasteiger partial charge in [0.25, 0.3) is 0 Å². The Balaban J connectivity index is 1.10. The molecule has 3 heterocycles. The number of benzene rings is 2. The van der Waals surface area contributed by atoms with Gasteiger partial charge in [0.15, 0.2) is 0 Å². The molecule has 1 amide bonds. The molecule has 2 aliphatic rings. The van der Waals surface area contributed by atoms with E-state index >= 15 is 0 Å². The summed E-state index contributed by atoms with van der Waals surface area (Å²) in [6.45, 7) is 7.52. The van der Waals surface area contributed by atoms with E-state index in [1.807, 2.05) is 24.3 Å². The van der Waals surface area contributed by atoms with Crippen molar-refractivity contribution in [3.8, 4) is 0 Å². The number of ether oxygens (including phenoxy) is 1. The minimum Gasteiger partial charge on any atom is -0.468 e. The lowest BCUT2D eigenvalue weighted by molar-refractivity contribution is -0.117. The molecule has 1 N–H and O–H groups in total. The second-order valence-corrected chi connectivity index (χ2v) is 9.73. The Morgan fingerprint density at radius 3 is 2.47 bits per heavy atom. The van der Waals surface area contributed by atoms with Crippen LogP contribution in [0.5, 0.6) is 0 Å². The van der Waals surface area contributed by atoms with Gasteiger partial charge in [-0.3, -0.25) is 14.6 Å². The number of carbonyl (C=O) groups excluding carboxylic acids is 1. The number of nitrogens with zero attached hydrogens (tertiary/aromatic N) is 3. The van der Waals surface area contributed by atoms with Crippen LogP contribution in [-0.2, 0) is 22.6 Å². The van der Waals surface area contributed by atoms with Gasteiger partial charge in [0, 0.05) is 57.3 Å². The standard InChI is InChI=1S/C29H36N4O3/c34-29(23-32(21-27-8-4-18-35-27)22-28-9-5-19-36-28)30-25-10-12-26(13-11-25)33-16-14-31(15-17-33)20-24-6-2-1-3-7-24/h1-4,6-8,10-13,18,28H,5,9,14-17,19-23H2,(H,30,34). The van der Waals surface area contributed by atoms with Gasteiger partial charge in [-0.25, -0.2) is 0 Å². The monoisotopic (exact) mass is 488 g/mol. The van der Waals surface area contributed by atoms with E-state index in [4.69, 9.17) is 9.15 Å². The molecule has 0 aliphatic carbocycles. The van der Waals surface area contributed by atoms with E-state index in [0.717, 1.165) is 70.2 Å². The van der Waals surface area contributed by atoms with Crippen LogP contribution >= 0.6 is 0 Å². The van der Waals surface area contributed by atoms with Crippen molar-refractivity contribution in [3.05, 3.63) is 84.3 Å². The topological polar surface area (TPSA) is 61.2 Å². The number of anilines is 2. The molecule has 2 fully saturated rings. The zero-order valence-electron chi connectivity index (χ0n) is 20.9. The van der Waals surface area contributed by atoms with Gasteiger partial charge in [-0.15, -0.1) is 0 Å². The molecule has 0 radical (unpaired) electrons. The Morgan fingerprint density at radius 2 is 1.78 bits per heavy atom. The highest BCUT2D eigenvalue weighted by Crippen LogP contribution is 2.21. The van der Waals surface area contributed by atoms with Crippen LogP contribution in [0.1, 0.15) is 24.2 Å². The van der Waals surface area contributed by atoms with Crippen molar-refractivity contribution in [1.29, 1.82) is 0 Å². The molecule has 7 nitrogen and oxygen atoms in total. The molecule has 0 spiro atoms. The second kappa shape index (κ2) is 12.2. The number of rotatable bonds is 10. The summed E-state index contributed by atoms with van der Waals surface area (Å²) in [4.78, 5) is 19.9. The van der Waals surface area contributed by atoms with E-state index in [9.17, 15) is 4.79 Å². The zero-order valence-corrected chi connectivity index (χ0v) is 20.9. The Hall–Kier alpha value is -3.13. The number of carbonyl (C=O) groups is 1. The summed E-state index contributed by atoms with van der Waals surface area (Å²) in [5.41, 5.74) is 3.39. The fourth-order valence-electron chi connectivity index (χ4n) is 5.05. The Bertz CT molecular complexity index is 1060. The molecule has 2 saturated heterocycles. The van der Waals surface area contributed by atoms with Crippen LogP contribution in [0.25, 0.3) is 0 Å². The average Bonchev–Trinajstić information content (AvgIpc) is 3.60. The van der Waals surface area contributed by atoms with E-state index < -0.39 is 0 Å². The highest BCUT2D eigenvalue weighted by molar-refractivity contribution is 5.92. The predicted octanol–water partition coefficient (Wildman–Crippen LogP) is 4.22. The predicted molar refractivity (Wildman–Crippen MR) is 142 cm³/mol. The van der Waals surface area contributed by atoms with Gasteiger partial charge < -0.3 is 19.4 Å². The lowest BCUT2D eigenvalue weighted by Crippen LogP contribution is -2.45. The fraction of sp³-hybridized carbons (Fsp3) is 0.414. The first-order valence-corrected chi connectivity index (χ1v) is 13.0. The van der Waals surface area contributed by atoms with Crippen molar-refractivity contribution < 1.29 is 13.9 Å². The summed E-state index contributed by atoms with van der Waals surface area (Å²) >= 11 is 0. The third-order valence-electron chi connectivity index (χ3n) is 6.95. The highest BCUT2D eigenvalue weighted by Gasteiger charge is 2.22. The lowest BCUT2D eigenvalue weighted by Gasteiger charge is -2.36. The molecule has 3 aromatic rings. The Kier molecular flexibility index (Phi) is 8.33. The number of hydrogen-bond donors (Lipinski definition) is 1. The number of hydrogen-bond acceptors (Lipinski definition) is 6. The molecule has 0 bridgehead atoms. The molecular formula is C29H36N4O3. The first kappa shape index (κ1) is 24.6. The van der Waals surface area contributed by atoms with Gasteiger partial charge >= 0.3 is 0 Å². The lowest BCUT2D eigenvalue weighted by atomic mass is 10.2. The van der Waals surface area contributed by atoms with Crippen LogP contribution in [0, 0.1) is 0 Å². The summed E-state index contributed by atoms with van der Waals surface area (Å²) in [6, 6.07) is 22.7. The molecule has 1 unspecified atom stereocenters. The van der Waals surface area contributed by atoms with Crippen molar-refractivity contribution in [2.45, 2.75) is 32.0 Å². The maximum Gasteiger partial charge on any atom is 0.238 e. The Morgan fingerprint density at radius 1 is 0.972 bits per heavy atom. The summed E-state index contributed by atoms with van der Waals surface area (Å²) in [6.07, 6.45) is 3.97. The van der Waals surface area contributed by atoms with Crippen molar-refractivity contribution in [1.82, 2.24) is 9.80 Å². The van der Waals surface area contributed by atoms with E-state index in [1.165, 1.54) is 11.3 Å². The minimum atomic E-state index is -0.0261. The van der Waals surface area contributed by atoms with Crippen molar-refractivity contribution in [3.63, 3.8) is 0 Å². The van der Waals surface area contributed by atoms with Crippen molar-refractivity contribution >= 4 is 17.3 Å². The van der Waals surface area contributed by atoms with Gasteiger partial charge in [0.2, 0.25) is 5.91 Å². The third kappa shape index (κ3) is 6.97. The maximum absolute atomic E-state index is 12.9. The first-order valence-electron chi connectivity index (χ1n) is 13.0. The number of amides is 1. The number of nitrogens with one attached hydrogen (secondary N) is 1. The smallest absolute Gasteiger partial charge is 0.238 e. The second-order valence-electron chi connectivity index (χ2n) is 9.73. The summed E-state index contributed by atoms with van der Waals surface area (Å²) in [7, 11) is 0. The highest BCUT2D eigenvalue weighted by atomic mass is 16.5. The quantitative estimate of drug-likeness (QED) is 0.461. The van der Waals surface area contributed by atoms with Gasteiger partial charge in [0.05, 0.1) is 25.5 Å². The van der Waals surface area contributed by atoms with E-state index in [0.29, 0.717) is 13.1 Å². The number of piperazine rings is 1. The average molecular weight is 489 g/mol. The zero-order chi connectivity index (χ0) is 24.6.